The molecule has 0 saturated heterocycles. The van der Waals surface area contributed by atoms with Crippen LogP contribution in [0.4, 0.5) is 0 Å². The Balaban J connectivity index is 2.65. The van der Waals surface area contributed by atoms with Crippen molar-refractivity contribution in [3.05, 3.63) is 0 Å². The largest absolute Gasteiger partial charge is 0.379 e. The summed E-state index contributed by atoms with van der Waals surface area (Å²) in [6.45, 7) is 0. The fourth-order valence-corrected chi connectivity index (χ4v) is 0.362. The van der Waals surface area contributed by atoms with Crippen LogP contribution in [0, 0.1) is 23.7 Å². The summed E-state index contributed by atoms with van der Waals surface area (Å²) in [7, 11) is 0. The molecule has 1 aliphatic carbocycles. The minimum atomic E-state index is -0.499. The summed E-state index contributed by atoms with van der Waals surface area (Å²) in [5, 5.41) is 8.63. The first-order valence-electron chi connectivity index (χ1n) is 2.06. The third-order valence-corrected chi connectivity index (χ3v) is 0.685. The zero-order valence-corrected chi connectivity index (χ0v) is 3.73. The lowest BCUT2D eigenvalue weighted by molar-refractivity contribution is 0.238. The van der Waals surface area contributed by atoms with Crippen molar-refractivity contribution in [2.24, 2.45) is 0 Å². The Bertz CT molecular complexity index is 172. The molecule has 0 aromatic carbocycles. The summed E-state index contributed by atoms with van der Waals surface area (Å²) in [4.78, 5) is 0. The van der Waals surface area contributed by atoms with E-state index in [1.165, 1.54) is 0 Å². The topological polar surface area (TPSA) is 20.2 Å². The van der Waals surface area contributed by atoms with Gasteiger partial charge in [0.2, 0.25) is 0 Å². The van der Waals surface area contributed by atoms with Crippen LogP contribution in [-0.4, -0.2) is 11.2 Å². The smallest absolute Gasteiger partial charge is 0.126 e. The molecule has 0 saturated carbocycles. The molecule has 1 N–H and O–H groups in total. The van der Waals surface area contributed by atoms with Gasteiger partial charge in [0.25, 0.3) is 0 Å². The van der Waals surface area contributed by atoms with E-state index in [-0.39, 0.29) is 0 Å². The van der Waals surface area contributed by atoms with Gasteiger partial charge in [0.15, 0.2) is 0 Å². The first-order chi connectivity index (χ1) is 3.39. The minimum Gasteiger partial charge on any atom is -0.379 e. The van der Waals surface area contributed by atoms with Crippen LogP contribution in [0.3, 0.4) is 0 Å². The van der Waals surface area contributed by atoms with Crippen molar-refractivity contribution in [3.8, 4) is 23.7 Å². The van der Waals surface area contributed by atoms with E-state index >= 15 is 0 Å². The monoisotopic (exact) mass is 92.0 g/mol. The summed E-state index contributed by atoms with van der Waals surface area (Å²) in [5.41, 5.74) is 0. The van der Waals surface area contributed by atoms with Gasteiger partial charge in [-0.15, -0.1) is 0 Å². The third-order valence-electron chi connectivity index (χ3n) is 0.685. The SMILES string of the molecule is OC1C#CC#CC1. The van der Waals surface area contributed by atoms with Crippen LogP contribution < -0.4 is 0 Å². The predicted octanol–water partition coefficient (Wildman–Crippen LogP) is -0.242. The Kier molecular flexibility index (Phi) is 1.02. The molecule has 0 aliphatic heterocycles. The van der Waals surface area contributed by atoms with Crippen LogP contribution in [0.1, 0.15) is 6.42 Å². The summed E-state index contributed by atoms with van der Waals surface area (Å²) in [6.07, 6.45) is 0.00810. The third kappa shape index (κ3) is 0.961. The quantitative estimate of drug-likeness (QED) is 0.409. The molecule has 0 aromatic rings. The normalized spacial score (nSPS) is 23.9. The first-order valence-corrected chi connectivity index (χ1v) is 2.06. The Hall–Kier alpha value is -0.920. The van der Waals surface area contributed by atoms with Crippen LogP contribution in [0.15, 0.2) is 0 Å². The van der Waals surface area contributed by atoms with Crippen molar-refractivity contribution in [1.29, 1.82) is 0 Å². The van der Waals surface area contributed by atoms with E-state index in [0.29, 0.717) is 6.42 Å². The van der Waals surface area contributed by atoms with E-state index < -0.39 is 6.10 Å². The fourth-order valence-electron chi connectivity index (χ4n) is 0.362. The lowest BCUT2D eigenvalue weighted by Gasteiger charge is -1.93. The second-order valence-electron chi connectivity index (χ2n) is 1.29. The molecule has 0 bridgehead atoms. The van der Waals surface area contributed by atoms with Crippen molar-refractivity contribution in [3.63, 3.8) is 0 Å². The summed E-state index contributed by atoms with van der Waals surface area (Å²) in [5.74, 6) is 10.2. The lowest BCUT2D eigenvalue weighted by Crippen LogP contribution is -2.01. The maximum absolute atomic E-state index is 8.63. The molecule has 1 rings (SSSR count). The second kappa shape index (κ2) is 1.69. The van der Waals surface area contributed by atoms with E-state index in [1.54, 1.807) is 0 Å². The molecule has 0 fully saturated rings. The molecule has 0 heterocycles. The van der Waals surface area contributed by atoms with E-state index in [2.05, 4.69) is 23.7 Å². The van der Waals surface area contributed by atoms with E-state index in [4.69, 9.17) is 5.11 Å². The second-order valence-corrected chi connectivity index (χ2v) is 1.29. The Morgan fingerprint density at radius 2 is 2.29 bits per heavy atom. The number of rotatable bonds is 0. The van der Waals surface area contributed by atoms with Crippen molar-refractivity contribution < 1.29 is 5.11 Å². The molecule has 0 aromatic heterocycles. The fraction of sp³-hybridized carbons (Fsp3) is 0.333. The van der Waals surface area contributed by atoms with Crippen LogP contribution >= 0.6 is 0 Å². The average Bonchev–Trinajstić information content (AvgIpc) is 1.69. The highest BCUT2D eigenvalue weighted by Gasteiger charge is 1.94. The first kappa shape index (κ1) is 4.24. The van der Waals surface area contributed by atoms with Gasteiger partial charge < -0.3 is 5.11 Å². The molecule has 0 radical (unpaired) electrons. The van der Waals surface area contributed by atoms with Crippen LogP contribution in [0.5, 0.6) is 0 Å². The highest BCUT2D eigenvalue weighted by molar-refractivity contribution is 5.32. The van der Waals surface area contributed by atoms with Gasteiger partial charge in [-0.1, -0.05) is 11.8 Å². The number of aliphatic hydroxyl groups excluding tert-OH is 1. The maximum Gasteiger partial charge on any atom is 0.126 e. The zero-order valence-electron chi connectivity index (χ0n) is 3.73. The molecule has 1 aliphatic rings. The van der Waals surface area contributed by atoms with Gasteiger partial charge in [-0.25, -0.2) is 0 Å². The number of aliphatic hydroxyl groups is 1. The summed E-state index contributed by atoms with van der Waals surface area (Å²) < 4.78 is 0. The summed E-state index contributed by atoms with van der Waals surface area (Å²) in [6, 6.07) is 0. The molecule has 34 valence electrons. The summed E-state index contributed by atoms with van der Waals surface area (Å²) >= 11 is 0. The van der Waals surface area contributed by atoms with E-state index in [1.807, 2.05) is 0 Å². The molecule has 1 heteroatoms. The average molecular weight is 92.1 g/mol. The van der Waals surface area contributed by atoms with Crippen molar-refractivity contribution >= 4 is 0 Å². The van der Waals surface area contributed by atoms with Gasteiger partial charge in [-0.2, -0.15) is 0 Å². The molecule has 0 amide bonds. The van der Waals surface area contributed by atoms with Crippen molar-refractivity contribution in [2.45, 2.75) is 12.5 Å². The van der Waals surface area contributed by atoms with Crippen LogP contribution in [-0.2, 0) is 0 Å². The highest BCUT2D eigenvalue weighted by Crippen LogP contribution is 1.88. The van der Waals surface area contributed by atoms with Crippen LogP contribution in [0.2, 0.25) is 0 Å². The molecule has 0 spiro atoms. The lowest BCUT2D eigenvalue weighted by atomic mass is 10.2. The predicted molar refractivity (Wildman–Crippen MR) is 26.2 cm³/mol. The molecule has 1 unspecified atom stereocenters. The Labute approximate surface area is 42.4 Å². The molecule has 1 atom stereocenters. The molecular formula is C6H4O. The minimum absolute atomic E-state index is 0.499. The van der Waals surface area contributed by atoms with Crippen molar-refractivity contribution in [1.82, 2.24) is 0 Å². The standard InChI is InChI=1S/C6H4O/c7-6-4-2-1-3-5-6/h6-7H,4H2. The van der Waals surface area contributed by atoms with E-state index in [0.717, 1.165) is 0 Å². The maximum atomic E-state index is 8.63. The van der Waals surface area contributed by atoms with Gasteiger partial charge in [0.05, 0.1) is 0 Å². The number of hydrogen-bond acceptors (Lipinski definition) is 1. The van der Waals surface area contributed by atoms with Gasteiger partial charge in [0.1, 0.15) is 6.10 Å². The molecular weight excluding hydrogens is 88.1 g/mol. The molecule has 1 nitrogen and oxygen atoms in total. The van der Waals surface area contributed by atoms with Gasteiger partial charge >= 0.3 is 0 Å². The van der Waals surface area contributed by atoms with Crippen molar-refractivity contribution in [2.75, 3.05) is 0 Å². The highest BCUT2D eigenvalue weighted by atomic mass is 16.3. The number of hydrogen-bond donors (Lipinski definition) is 1. The van der Waals surface area contributed by atoms with E-state index in [9.17, 15) is 0 Å². The zero-order chi connectivity index (χ0) is 5.11. The van der Waals surface area contributed by atoms with Gasteiger partial charge in [-0.05, 0) is 11.8 Å². The van der Waals surface area contributed by atoms with Gasteiger partial charge in [0, 0.05) is 6.42 Å². The Morgan fingerprint density at radius 3 is 2.57 bits per heavy atom. The van der Waals surface area contributed by atoms with Gasteiger partial charge in [-0.3, -0.25) is 0 Å². The Morgan fingerprint density at radius 1 is 1.43 bits per heavy atom. The van der Waals surface area contributed by atoms with Crippen LogP contribution in [0.25, 0.3) is 0 Å². The molecule has 7 heavy (non-hydrogen) atoms.